The summed E-state index contributed by atoms with van der Waals surface area (Å²) in [6, 6.07) is 1.16. The summed E-state index contributed by atoms with van der Waals surface area (Å²) in [5, 5.41) is 0. The fourth-order valence-corrected chi connectivity index (χ4v) is 5.59. The highest BCUT2D eigenvalue weighted by Crippen LogP contribution is 2.48. The van der Waals surface area contributed by atoms with Crippen molar-refractivity contribution in [1.29, 1.82) is 0 Å². The maximum Gasteiger partial charge on any atom is 0.434 e. The molecule has 3 heterocycles. The number of morpholine rings is 1. The molecule has 2 fully saturated rings. The van der Waals surface area contributed by atoms with Crippen LogP contribution in [0, 0.1) is 0 Å². The summed E-state index contributed by atoms with van der Waals surface area (Å²) in [6.45, 7) is 3.07. The summed E-state index contributed by atoms with van der Waals surface area (Å²) in [6.07, 6.45) is -1.38. The molecule has 4 rings (SSSR count). The molecule has 0 bridgehead atoms. The van der Waals surface area contributed by atoms with Gasteiger partial charge >= 0.3 is 6.18 Å². The van der Waals surface area contributed by atoms with E-state index < -0.39 is 32.4 Å². The molecule has 13 heteroatoms. The average Bonchev–Trinajstić information content (AvgIpc) is 2.65. The van der Waals surface area contributed by atoms with Crippen molar-refractivity contribution in [2.75, 3.05) is 36.6 Å². The standard InChI is InChI=1S/C19H23F3N6O3S/c1-11-10-31-7-6-28(11)17-25-13(12-9-24-16(23)27-15(12)19(20,21)22)8-14(26-17)18(4-3-5-18)32(2,29)30/h8-9,11H,3-7,10H2,1-2H3,(H2,23,24,27)/t11-/m0/s1. The van der Waals surface area contributed by atoms with Crippen molar-refractivity contribution in [2.45, 2.75) is 43.2 Å². The molecule has 2 aromatic rings. The minimum atomic E-state index is -4.81. The van der Waals surface area contributed by atoms with Crippen LogP contribution in [-0.4, -0.2) is 60.4 Å². The quantitative estimate of drug-likeness (QED) is 0.713. The predicted octanol–water partition coefficient (Wildman–Crippen LogP) is 2.18. The smallest absolute Gasteiger partial charge is 0.377 e. The molecule has 0 amide bonds. The second-order valence-electron chi connectivity index (χ2n) is 8.16. The highest BCUT2D eigenvalue weighted by Gasteiger charge is 2.50. The molecule has 174 valence electrons. The van der Waals surface area contributed by atoms with Gasteiger partial charge in [-0.15, -0.1) is 0 Å². The highest BCUT2D eigenvalue weighted by molar-refractivity contribution is 7.91. The molecule has 1 aliphatic carbocycles. The molecule has 0 radical (unpaired) electrons. The first kappa shape index (κ1) is 22.6. The third kappa shape index (κ3) is 3.87. The van der Waals surface area contributed by atoms with E-state index in [9.17, 15) is 21.6 Å². The number of sulfone groups is 1. The third-order valence-electron chi connectivity index (χ3n) is 6.03. The Morgan fingerprint density at radius 3 is 2.53 bits per heavy atom. The lowest BCUT2D eigenvalue weighted by Gasteiger charge is -2.40. The van der Waals surface area contributed by atoms with Crippen molar-refractivity contribution in [3.63, 3.8) is 0 Å². The first-order valence-corrected chi connectivity index (χ1v) is 12.0. The van der Waals surface area contributed by atoms with E-state index in [1.165, 1.54) is 6.07 Å². The van der Waals surface area contributed by atoms with Gasteiger partial charge in [-0.05, 0) is 32.3 Å². The number of halogens is 3. The van der Waals surface area contributed by atoms with E-state index in [2.05, 4.69) is 19.9 Å². The number of nitrogens with zero attached hydrogens (tertiary/aromatic N) is 5. The number of anilines is 2. The molecule has 0 spiro atoms. The molecular formula is C19H23F3N6O3S. The van der Waals surface area contributed by atoms with Gasteiger partial charge in [-0.2, -0.15) is 13.2 Å². The van der Waals surface area contributed by atoms with Crippen LogP contribution in [-0.2, 0) is 25.5 Å². The molecule has 1 atom stereocenters. The zero-order chi connectivity index (χ0) is 23.3. The number of aromatic nitrogens is 4. The summed E-state index contributed by atoms with van der Waals surface area (Å²) in [5.74, 6) is -0.378. The summed E-state index contributed by atoms with van der Waals surface area (Å²) in [5.41, 5.74) is 3.84. The van der Waals surface area contributed by atoms with E-state index in [0.29, 0.717) is 39.0 Å². The number of rotatable bonds is 4. The molecule has 2 aromatic heterocycles. The van der Waals surface area contributed by atoms with Crippen LogP contribution in [0.1, 0.15) is 37.6 Å². The maximum absolute atomic E-state index is 13.7. The Bertz CT molecular complexity index is 1140. The number of nitrogen functional groups attached to an aromatic ring is 1. The van der Waals surface area contributed by atoms with E-state index in [4.69, 9.17) is 10.5 Å². The number of ether oxygens (including phenoxy) is 1. The van der Waals surface area contributed by atoms with E-state index >= 15 is 0 Å². The van der Waals surface area contributed by atoms with Gasteiger partial charge in [-0.1, -0.05) is 0 Å². The average molecular weight is 472 g/mol. The summed E-state index contributed by atoms with van der Waals surface area (Å²) in [4.78, 5) is 17.8. The molecular weight excluding hydrogens is 449 g/mol. The number of nitrogens with two attached hydrogens (primary N) is 1. The van der Waals surface area contributed by atoms with E-state index in [-0.39, 0.29) is 28.9 Å². The third-order valence-corrected chi connectivity index (χ3v) is 8.07. The normalized spacial score (nSPS) is 21.3. The summed E-state index contributed by atoms with van der Waals surface area (Å²) >= 11 is 0. The molecule has 0 unspecified atom stereocenters. The van der Waals surface area contributed by atoms with Gasteiger partial charge < -0.3 is 15.4 Å². The van der Waals surface area contributed by atoms with Gasteiger partial charge in [0.2, 0.25) is 11.9 Å². The van der Waals surface area contributed by atoms with E-state index in [1.807, 2.05) is 6.92 Å². The first-order chi connectivity index (χ1) is 14.9. The van der Waals surface area contributed by atoms with Crippen LogP contribution in [0.5, 0.6) is 0 Å². The molecule has 9 nitrogen and oxygen atoms in total. The fourth-order valence-electron chi connectivity index (χ4n) is 4.07. The Morgan fingerprint density at radius 2 is 1.97 bits per heavy atom. The zero-order valence-corrected chi connectivity index (χ0v) is 18.4. The van der Waals surface area contributed by atoms with Crippen molar-refractivity contribution in [3.8, 4) is 11.3 Å². The molecule has 1 saturated heterocycles. The second kappa shape index (κ2) is 7.80. The lowest BCUT2D eigenvalue weighted by molar-refractivity contribution is -0.140. The minimum Gasteiger partial charge on any atom is -0.377 e. The monoisotopic (exact) mass is 472 g/mol. The van der Waals surface area contributed by atoms with Crippen LogP contribution < -0.4 is 10.6 Å². The van der Waals surface area contributed by atoms with Gasteiger partial charge in [0.25, 0.3) is 0 Å². The van der Waals surface area contributed by atoms with Crippen LogP contribution in [0.15, 0.2) is 12.3 Å². The first-order valence-electron chi connectivity index (χ1n) is 10.1. The number of alkyl halides is 3. The Hall–Kier alpha value is -2.54. The van der Waals surface area contributed by atoms with Crippen LogP contribution in [0.3, 0.4) is 0 Å². The highest BCUT2D eigenvalue weighted by atomic mass is 32.2. The Labute approximate surface area is 183 Å². The lowest BCUT2D eigenvalue weighted by Crippen LogP contribution is -2.46. The molecule has 0 aromatic carbocycles. The fraction of sp³-hybridized carbons (Fsp3) is 0.579. The van der Waals surface area contributed by atoms with Crippen molar-refractivity contribution in [1.82, 2.24) is 19.9 Å². The number of hydrogen-bond donors (Lipinski definition) is 1. The molecule has 1 saturated carbocycles. The van der Waals surface area contributed by atoms with Crippen molar-refractivity contribution >= 4 is 21.7 Å². The summed E-state index contributed by atoms with van der Waals surface area (Å²) < 4.78 is 70.7. The SMILES string of the molecule is C[C@H]1COCCN1c1nc(-c2cnc(N)nc2C(F)(F)F)cc(C2(S(C)(=O)=O)CCC2)n1. The Morgan fingerprint density at radius 1 is 1.25 bits per heavy atom. The molecule has 32 heavy (non-hydrogen) atoms. The zero-order valence-electron chi connectivity index (χ0n) is 17.6. The van der Waals surface area contributed by atoms with Gasteiger partial charge in [-0.3, -0.25) is 0 Å². The van der Waals surface area contributed by atoms with Gasteiger partial charge in [0.1, 0.15) is 4.75 Å². The Kier molecular flexibility index (Phi) is 5.52. The van der Waals surface area contributed by atoms with E-state index in [0.717, 1.165) is 12.5 Å². The minimum absolute atomic E-state index is 0.106. The molecule has 1 aliphatic heterocycles. The second-order valence-corrected chi connectivity index (χ2v) is 10.5. The maximum atomic E-state index is 13.7. The van der Waals surface area contributed by atoms with Crippen molar-refractivity contribution < 1.29 is 26.3 Å². The summed E-state index contributed by atoms with van der Waals surface area (Å²) in [7, 11) is -3.59. The lowest BCUT2D eigenvalue weighted by atomic mass is 9.81. The Balaban J connectivity index is 1.95. The van der Waals surface area contributed by atoms with E-state index in [1.54, 1.807) is 4.90 Å². The molecule has 2 N–H and O–H groups in total. The number of hydrogen-bond acceptors (Lipinski definition) is 9. The predicted molar refractivity (Wildman–Crippen MR) is 110 cm³/mol. The van der Waals surface area contributed by atoms with Crippen LogP contribution in [0.2, 0.25) is 0 Å². The van der Waals surface area contributed by atoms with Gasteiger partial charge in [0.15, 0.2) is 15.5 Å². The topological polar surface area (TPSA) is 124 Å². The van der Waals surface area contributed by atoms with Crippen LogP contribution >= 0.6 is 0 Å². The van der Waals surface area contributed by atoms with Crippen LogP contribution in [0.25, 0.3) is 11.3 Å². The van der Waals surface area contributed by atoms with Gasteiger partial charge in [0.05, 0.1) is 30.6 Å². The van der Waals surface area contributed by atoms with Crippen molar-refractivity contribution in [2.24, 2.45) is 0 Å². The van der Waals surface area contributed by atoms with Crippen LogP contribution in [0.4, 0.5) is 25.1 Å². The van der Waals surface area contributed by atoms with Gasteiger partial charge in [-0.25, -0.2) is 28.4 Å². The molecule has 2 aliphatic rings. The largest absolute Gasteiger partial charge is 0.434 e. The van der Waals surface area contributed by atoms with Gasteiger partial charge in [0, 0.05) is 24.6 Å². The van der Waals surface area contributed by atoms with Crippen molar-refractivity contribution in [3.05, 3.63) is 23.7 Å².